The molecule has 5 heteroatoms. The summed E-state index contributed by atoms with van der Waals surface area (Å²) in [7, 11) is 0. The molecule has 0 saturated heterocycles. The van der Waals surface area contributed by atoms with Crippen LogP contribution < -0.4 is 10.6 Å². The van der Waals surface area contributed by atoms with Crippen LogP contribution in [0.3, 0.4) is 0 Å². The van der Waals surface area contributed by atoms with Crippen LogP contribution in [0.25, 0.3) is 0 Å². The number of carbonyl (C=O) groups excluding carboxylic acids is 1. The molecule has 0 radical (unpaired) electrons. The molecule has 2 N–H and O–H groups in total. The van der Waals surface area contributed by atoms with Gasteiger partial charge in [0.2, 0.25) is 0 Å². The third-order valence-electron chi connectivity index (χ3n) is 2.83. The minimum absolute atomic E-state index is 0.0366. The molecule has 1 aliphatic rings. The molecule has 98 valence electrons. The third kappa shape index (κ3) is 3.96. The zero-order valence-electron chi connectivity index (χ0n) is 10.0. The molecule has 0 unspecified atom stereocenters. The van der Waals surface area contributed by atoms with Crippen molar-refractivity contribution in [3.63, 3.8) is 0 Å². The summed E-state index contributed by atoms with van der Waals surface area (Å²) in [6.07, 6.45) is 3.35. The van der Waals surface area contributed by atoms with Crippen LogP contribution in [0, 0.1) is 5.82 Å². The largest absolute Gasteiger partial charge is 0.352 e. The van der Waals surface area contributed by atoms with Gasteiger partial charge in [-0.05, 0) is 44.0 Å². The number of nitrogens with one attached hydrogen (secondary N) is 2. The number of hydrogen-bond acceptors (Lipinski definition) is 2. The van der Waals surface area contributed by atoms with Crippen molar-refractivity contribution < 1.29 is 9.18 Å². The van der Waals surface area contributed by atoms with E-state index in [2.05, 4.69) is 10.6 Å². The molecule has 0 heterocycles. The van der Waals surface area contributed by atoms with Gasteiger partial charge in [0.1, 0.15) is 5.82 Å². The first-order chi connectivity index (χ1) is 8.66. The number of halogens is 2. The molecule has 0 spiro atoms. The summed E-state index contributed by atoms with van der Waals surface area (Å²) in [4.78, 5) is 11.7. The first kappa shape index (κ1) is 13.3. The SMILES string of the molecule is O=C(NCCCNC1CC1)c1ccc(Cl)cc1F. The fourth-order valence-electron chi connectivity index (χ4n) is 1.65. The second kappa shape index (κ2) is 6.16. The Hall–Kier alpha value is -1.13. The van der Waals surface area contributed by atoms with Gasteiger partial charge in [-0.3, -0.25) is 4.79 Å². The Balaban J connectivity index is 1.72. The molecule has 1 saturated carbocycles. The lowest BCUT2D eigenvalue weighted by atomic mass is 10.2. The summed E-state index contributed by atoms with van der Waals surface area (Å²) in [5.74, 6) is -0.980. The Labute approximate surface area is 111 Å². The minimum Gasteiger partial charge on any atom is -0.352 e. The molecule has 2 rings (SSSR count). The Bertz CT molecular complexity index is 435. The summed E-state index contributed by atoms with van der Waals surface area (Å²) in [5.41, 5.74) is 0.0366. The zero-order valence-corrected chi connectivity index (χ0v) is 10.8. The number of hydrogen-bond donors (Lipinski definition) is 2. The third-order valence-corrected chi connectivity index (χ3v) is 3.06. The van der Waals surface area contributed by atoms with Crippen molar-refractivity contribution in [3.05, 3.63) is 34.6 Å². The van der Waals surface area contributed by atoms with Crippen LogP contribution >= 0.6 is 11.6 Å². The fourth-order valence-corrected chi connectivity index (χ4v) is 1.81. The molecule has 18 heavy (non-hydrogen) atoms. The summed E-state index contributed by atoms with van der Waals surface area (Å²) in [6, 6.07) is 4.73. The Kier molecular flexibility index (Phi) is 4.55. The first-order valence-corrected chi connectivity index (χ1v) is 6.51. The van der Waals surface area contributed by atoms with Gasteiger partial charge in [0, 0.05) is 17.6 Å². The maximum absolute atomic E-state index is 13.4. The predicted octanol–water partition coefficient (Wildman–Crippen LogP) is 2.35. The first-order valence-electron chi connectivity index (χ1n) is 6.13. The van der Waals surface area contributed by atoms with E-state index in [9.17, 15) is 9.18 Å². The van der Waals surface area contributed by atoms with Crippen LogP contribution in [0.2, 0.25) is 5.02 Å². The van der Waals surface area contributed by atoms with Crippen molar-refractivity contribution in [2.45, 2.75) is 25.3 Å². The van der Waals surface area contributed by atoms with Crippen molar-refractivity contribution in [1.29, 1.82) is 0 Å². The van der Waals surface area contributed by atoms with Crippen LogP contribution in [-0.4, -0.2) is 25.0 Å². The second-order valence-corrected chi connectivity index (χ2v) is 4.90. The van der Waals surface area contributed by atoms with Crippen molar-refractivity contribution in [2.75, 3.05) is 13.1 Å². The maximum atomic E-state index is 13.4. The van der Waals surface area contributed by atoms with E-state index in [0.29, 0.717) is 12.6 Å². The van der Waals surface area contributed by atoms with E-state index in [4.69, 9.17) is 11.6 Å². The summed E-state index contributed by atoms with van der Waals surface area (Å²) in [5, 5.41) is 6.33. The molecular formula is C13H16ClFN2O. The molecule has 0 aliphatic heterocycles. The van der Waals surface area contributed by atoms with Gasteiger partial charge in [-0.1, -0.05) is 11.6 Å². The highest BCUT2D eigenvalue weighted by molar-refractivity contribution is 6.30. The van der Waals surface area contributed by atoms with Gasteiger partial charge in [-0.15, -0.1) is 0 Å². The van der Waals surface area contributed by atoms with Crippen LogP contribution in [0.1, 0.15) is 29.6 Å². The van der Waals surface area contributed by atoms with Gasteiger partial charge in [0.15, 0.2) is 0 Å². The predicted molar refractivity (Wildman–Crippen MR) is 69.4 cm³/mol. The smallest absolute Gasteiger partial charge is 0.254 e. The van der Waals surface area contributed by atoms with Crippen LogP contribution in [0.4, 0.5) is 4.39 Å². The number of amides is 1. The van der Waals surface area contributed by atoms with Crippen LogP contribution in [0.5, 0.6) is 0 Å². The Morgan fingerprint density at radius 1 is 1.39 bits per heavy atom. The molecule has 3 nitrogen and oxygen atoms in total. The molecule has 1 aromatic rings. The zero-order chi connectivity index (χ0) is 13.0. The van der Waals surface area contributed by atoms with Crippen LogP contribution in [-0.2, 0) is 0 Å². The van der Waals surface area contributed by atoms with Gasteiger partial charge < -0.3 is 10.6 Å². The minimum atomic E-state index is -0.587. The van der Waals surface area contributed by atoms with Crippen molar-refractivity contribution in [2.24, 2.45) is 0 Å². The van der Waals surface area contributed by atoms with Crippen molar-refractivity contribution in [1.82, 2.24) is 10.6 Å². The van der Waals surface area contributed by atoms with E-state index in [1.165, 1.54) is 25.0 Å². The van der Waals surface area contributed by atoms with E-state index in [0.717, 1.165) is 19.0 Å². The number of benzene rings is 1. The molecule has 1 aromatic carbocycles. The molecule has 0 aromatic heterocycles. The van der Waals surface area contributed by atoms with Crippen molar-refractivity contribution >= 4 is 17.5 Å². The average Bonchev–Trinajstić information content (AvgIpc) is 3.12. The van der Waals surface area contributed by atoms with E-state index in [1.807, 2.05) is 0 Å². The van der Waals surface area contributed by atoms with E-state index >= 15 is 0 Å². The highest BCUT2D eigenvalue weighted by Crippen LogP contribution is 2.18. The lowest BCUT2D eigenvalue weighted by Gasteiger charge is -2.07. The highest BCUT2D eigenvalue weighted by Gasteiger charge is 2.19. The molecule has 0 atom stereocenters. The fraction of sp³-hybridized carbons (Fsp3) is 0.462. The number of carbonyl (C=O) groups is 1. The monoisotopic (exact) mass is 270 g/mol. The van der Waals surface area contributed by atoms with Gasteiger partial charge >= 0.3 is 0 Å². The van der Waals surface area contributed by atoms with Gasteiger partial charge in [0.05, 0.1) is 5.56 Å². The summed E-state index contributed by atoms with van der Waals surface area (Å²) < 4.78 is 13.4. The van der Waals surface area contributed by atoms with Gasteiger partial charge in [0.25, 0.3) is 5.91 Å². The highest BCUT2D eigenvalue weighted by atomic mass is 35.5. The standard InChI is InChI=1S/C13H16ClFN2O/c14-9-2-5-11(12(15)8-9)13(18)17-7-1-6-16-10-3-4-10/h2,5,8,10,16H,1,3-4,6-7H2,(H,17,18). The second-order valence-electron chi connectivity index (χ2n) is 4.46. The maximum Gasteiger partial charge on any atom is 0.254 e. The average molecular weight is 271 g/mol. The Morgan fingerprint density at radius 2 is 2.17 bits per heavy atom. The topological polar surface area (TPSA) is 41.1 Å². The summed E-state index contributed by atoms with van der Waals surface area (Å²) >= 11 is 5.62. The quantitative estimate of drug-likeness (QED) is 0.779. The lowest BCUT2D eigenvalue weighted by molar-refractivity contribution is 0.0949. The lowest BCUT2D eigenvalue weighted by Crippen LogP contribution is -2.28. The van der Waals surface area contributed by atoms with Crippen molar-refractivity contribution in [3.8, 4) is 0 Å². The molecule has 1 amide bonds. The van der Waals surface area contributed by atoms with E-state index in [1.54, 1.807) is 0 Å². The molecule has 1 aliphatic carbocycles. The summed E-state index contributed by atoms with van der Waals surface area (Å²) in [6.45, 7) is 1.43. The molecule has 0 bridgehead atoms. The molecular weight excluding hydrogens is 255 g/mol. The van der Waals surface area contributed by atoms with E-state index < -0.39 is 11.7 Å². The van der Waals surface area contributed by atoms with E-state index in [-0.39, 0.29) is 10.6 Å². The van der Waals surface area contributed by atoms with Gasteiger partial charge in [-0.2, -0.15) is 0 Å². The van der Waals surface area contributed by atoms with Crippen LogP contribution in [0.15, 0.2) is 18.2 Å². The Morgan fingerprint density at radius 3 is 2.83 bits per heavy atom. The molecule has 1 fully saturated rings. The van der Waals surface area contributed by atoms with Gasteiger partial charge in [-0.25, -0.2) is 4.39 Å². The number of rotatable bonds is 6. The normalized spacial score (nSPS) is 14.6.